The van der Waals surface area contributed by atoms with Crippen molar-refractivity contribution in [1.29, 1.82) is 0 Å². The van der Waals surface area contributed by atoms with E-state index < -0.39 is 4.92 Å². The molecule has 104 valence electrons. The van der Waals surface area contributed by atoms with Gasteiger partial charge in [0.1, 0.15) is 5.75 Å². The van der Waals surface area contributed by atoms with Gasteiger partial charge in [-0.15, -0.1) is 0 Å². The lowest BCUT2D eigenvalue weighted by Gasteiger charge is -2.12. The molecule has 0 aromatic heterocycles. The van der Waals surface area contributed by atoms with Crippen molar-refractivity contribution in [3.63, 3.8) is 0 Å². The van der Waals surface area contributed by atoms with Gasteiger partial charge in [0, 0.05) is 36.9 Å². The van der Waals surface area contributed by atoms with E-state index in [1.165, 1.54) is 12.1 Å². The summed E-state index contributed by atoms with van der Waals surface area (Å²) in [6.07, 6.45) is 0.981. The second-order valence-electron chi connectivity index (χ2n) is 4.54. The van der Waals surface area contributed by atoms with Gasteiger partial charge < -0.3 is 14.8 Å². The number of nitro benzene ring substituents is 1. The van der Waals surface area contributed by atoms with Crippen LogP contribution in [0.3, 0.4) is 0 Å². The Labute approximate surface area is 111 Å². The largest absolute Gasteiger partial charge is 0.493 e. The van der Waals surface area contributed by atoms with E-state index in [4.69, 9.17) is 9.47 Å². The molecule has 0 saturated carbocycles. The lowest BCUT2D eigenvalue weighted by molar-refractivity contribution is -0.384. The van der Waals surface area contributed by atoms with E-state index in [1.54, 1.807) is 6.07 Å². The minimum Gasteiger partial charge on any atom is -0.493 e. The molecule has 1 aromatic rings. The second-order valence-corrected chi connectivity index (χ2v) is 4.54. The van der Waals surface area contributed by atoms with E-state index in [-0.39, 0.29) is 5.69 Å². The summed E-state index contributed by atoms with van der Waals surface area (Å²) in [6, 6.07) is 4.75. The molecule has 2 rings (SSSR count). The molecule has 1 fully saturated rings. The number of hydrogen-bond acceptors (Lipinski definition) is 5. The molecule has 0 bridgehead atoms. The smallest absolute Gasteiger partial charge is 0.275 e. The van der Waals surface area contributed by atoms with Crippen LogP contribution in [0.25, 0.3) is 0 Å². The summed E-state index contributed by atoms with van der Waals surface area (Å²) in [5.41, 5.74) is 0.741. The van der Waals surface area contributed by atoms with Crippen LogP contribution in [0.2, 0.25) is 0 Å². The van der Waals surface area contributed by atoms with Crippen molar-refractivity contribution < 1.29 is 14.4 Å². The summed E-state index contributed by atoms with van der Waals surface area (Å²) in [6.45, 7) is 4.65. The van der Waals surface area contributed by atoms with E-state index in [0.29, 0.717) is 37.1 Å². The summed E-state index contributed by atoms with van der Waals surface area (Å²) >= 11 is 0. The van der Waals surface area contributed by atoms with Crippen LogP contribution in [-0.2, 0) is 4.74 Å². The van der Waals surface area contributed by atoms with Crippen LogP contribution in [0, 0.1) is 16.0 Å². The van der Waals surface area contributed by atoms with Crippen molar-refractivity contribution in [2.24, 2.45) is 5.92 Å². The number of nitro groups is 1. The molecule has 6 heteroatoms. The standard InChI is InChI=1S/C13H18N2O4/c1-2-14-11-5-12(15(16)17)7-13(6-11)19-9-10-3-4-18-8-10/h5-7,10,14H,2-4,8-9H2,1H3. The molecule has 1 atom stereocenters. The third-order valence-electron chi connectivity index (χ3n) is 2.99. The van der Waals surface area contributed by atoms with Gasteiger partial charge in [0.2, 0.25) is 0 Å². The molecule has 1 N–H and O–H groups in total. The molecule has 1 aliphatic heterocycles. The molecular weight excluding hydrogens is 248 g/mol. The lowest BCUT2D eigenvalue weighted by atomic mass is 10.1. The number of rotatable bonds is 6. The van der Waals surface area contributed by atoms with Gasteiger partial charge in [-0.25, -0.2) is 0 Å². The SMILES string of the molecule is CCNc1cc(OCC2CCOC2)cc([N+](=O)[O-])c1. The van der Waals surface area contributed by atoms with Gasteiger partial charge >= 0.3 is 0 Å². The van der Waals surface area contributed by atoms with Crippen molar-refractivity contribution >= 4 is 11.4 Å². The Bertz CT molecular complexity index is 444. The molecule has 1 saturated heterocycles. The Morgan fingerprint density at radius 1 is 1.53 bits per heavy atom. The van der Waals surface area contributed by atoms with Crippen molar-refractivity contribution in [3.8, 4) is 5.75 Å². The van der Waals surface area contributed by atoms with Crippen LogP contribution >= 0.6 is 0 Å². The highest BCUT2D eigenvalue weighted by atomic mass is 16.6. The number of ether oxygens (including phenoxy) is 2. The van der Waals surface area contributed by atoms with Gasteiger partial charge in [0.25, 0.3) is 5.69 Å². The summed E-state index contributed by atoms with van der Waals surface area (Å²) in [4.78, 5) is 10.5. The quantitative estimate of drug-likeness (QED) is 0.632. The molecular formula is C13H18N2O4. The van der Waals surface area contributed by atoms with E-state index in [9.17, 15) is 10.1 Å². The zero-order chi connectivity index (χ0) is 13.7. The maximum absolute atomic E-state index is 10.9. The molecule has 19 heavy (non-hydrogen) atoms. The number of nitrogens with one attached hydrogen (secondary N) is 1. The van der Waals surface area contributed by atoms with Crippen LogP contribution in [0.5, 0.6) is 5.75 Å². The van der Waals surface area contributed by atoms with E-state index >= 15 is 0 Å². The normalized spacial score (nSPS) is 18.3. The first-order valence-corrected chi connectivity index (χ1v) is 6.43. The predicted molar refractivity (Wildman–Crippen MR) is 71.7 cm³/mol. The summed E-state index contributed by atoms with van der Waals surface area (Å²) in [5, 5.41) is 13.9. The van der Waals surface area contributed by atoms with Crippen LogP contribution in [0.4, 0.5) is 11.4 Å². The second kappa shape index (κ2) is 6.38. The van der Waals surface area contributed by atoms with Crippen LogP contribution in [0.1, 0.15) is 13.3 Å². The molecule has 6 nitrogen and oxygen atoms in total. The Balaban J connectivity index is 2.06. The van der Waals surface area contributed by atoms with Crippen molar-refractivity contribution in [2.75, 3.05) is 31.7 Å². The van der Waals surface area contributed by atoms with Gasteiger partial charge in [0.05, 0.1) is 24.2 Å². The molecule has 1 unspecified atom stereocenters. The van der Waals surface area contributed by atoms with E-state index in [0.717, 1.165) is 13.0 Å². The minimum atomic E-state index is -0.410. The number of non-ortho nitro benzene ring substituents is 1. The molecule has 0 aliphatic carbocycles. The van der Waals surface area contributed by atoms with Gasteiger partial charge in [-0.2, -0.15) is 0 Å². The highest BCUT2D eigenvalue weighted by Gasteiger charge is 2.17. The Morgan fingerprint density at radius 2 is 2.37 bits per heavy atom. The average Bonchev–Trinajstić information content (AvgIpc) is 2.89. The average molecular weight is 266 g/mol. The zero-order valence-electron chi connectivity index (χ0n) is 10.9. The van der Waals surface area contributed by atoms with Gasteiger partial charge in [-0.05, 0) is 13.3 Å². The molecule has 1 heterocycles. The van der Waals surface area contributed by atoms with Crippen LogP contribution in [-0.4, -0.2) is 31.3 Å². The van der Waals surface area contributed by atoms with Crippen LogP contribution < -0.4 is 10.1 Å². The highest BCUT2D eigenvalue weighted by molar-refractivity contribution is 5.56. The molecule has 1 aliphatic rings. The highest BCUT2D eigenvalue weighted by Crippen LogP contribution is 2.27. The Kier molecular flexibility index (Phi) is 4.57. The van der Waals surface area contributed by atoms with Crippen molar-refractivity contribution in [1.82, 2.24) is 0 Å². The summed E-state index contributed by atoms with van der Waals surface area (Å²) in [7, 11) is 0. The number of anilines is 1. The monoisotopic (exact) mass is 266 g/mol. The Hall–Kier alpha value is -1.82. The molecule has 0 radical (unpaired) electrons. The maximum atomic E-state index is 10.9. The fourth-order valence-corrected chi connectivity index (χ4v) is 2.01. The van der Waals surface area contributed by atoms with Crippen molar-refractivity contribution in [3.05, 3.63) is 28.3 Å². The number of benzene rings is 1. The topological polar surface area (TPSA) is 73.6 Å². The maximum Gasteiger partial charge on any atom is 0.275 e. The fourth-order valence-electron chi connectivity index (χ4n) is 2.01. The first-order chi connectivity index (χ1) is 9.19. The van der Waals surface area contributed by atoms with E-state index in [2.05, 4.69) is 5.32 Å². The molecule has 0 spiro atoms. The van der Waals surface area contributed by atoms with Gasteiger partial charge in [-0.1, -0.05) is 0 Å². The molecule has 0 amide bonds. The fraction of sp³-hybridized carbons (Fsp3) is 0.538. The first-order valence-electron chi connectivity index (χ1n) is 6.43. The van der Waals surface area contributed by atoms with Crippen LogP contribution in [0.15, 0.2) is 18.2 Å². The first kappa shape index (κ1) is 13.6. The summed E-state index contributed by atoms with van der Waals surface area (Å²) in [5.74, 6) is 0.902. The third kappa shape index (κ3) is 3.82. The van der Waals surface area contributed by atoms with Crippen molar-refractivity contribution in [2.45, 2.75) is 13.3 Å². The zero-order valence-corrected chi connectivity index (χ0v) is 10.9. The summed E-state index contributed by atoms with van der Waals surface area (Å²) < 4.78 is 10.9. The number of hydrogen-bond donors (Lipinski definition) is 1. The predicted octanol–water partition coefficient (Wildman–Crippen LogP) is 2.44. The van der Waals surface area contributed by atoms with E-state index in [1.807, 2.05) is 6.92 Å². The number of nitrogens with zero attached hydrogens (tertiary/aromatic N) is 1. The minimum absolute atomic E-state index is 0.0381. The Morgan fingerprint density at radius 3 is 3.00 bits per heavy atom. The van der Waals surface area contributed by atoms with Gasteiger partial charge in [-0.3, -0.25) is 10.1 Å². The molecule has 1 aromatic carbocycles. The van der Waals surface area contributed by atoms with Gasteiger partial charge in [0.15, 0.2) is 0 Å². The third-order valence-corrected chi connectivity index (χ3v) is 2.99. The lowest BCUT2D eigenvalue weighted by Crippen LogP contribution is -2.12.